The zero-order valence-corrected chi connectivity index (χ0v) is 7.22. The first-order valence-electron chi connectivity index (χ1n) is 4.37. The summed E-state index contributed by atoms with van der Waals surface area (Å²) in [4.78, 5) is 11.1. The molecule has 0 radical (unpaired) electrons. The van der Waals surface area contributed by atoms with Gasteiger partial charge in [-0.1, -0.05) is 18.6 Å². The summed E-state index contributed by atoms with van der Waals surface area (Å²) in [6.45, 7) is 2.68. The van der Waals surface area contributed by atoms with Crippen molar-refractivity contribution in [2.75, 3.05) is 6.61 Å². The maximum absolute atomic E-state index is 11.1. The minimum atomic E-state index is -0.101. The van der Waals surface area contributed by atoms with E-state index in [1.165, 1.54) is 11.1 Å². The molecule has 2 aliphatic rings. The first-order valence-corrected chi connectivity index (χ1v) is 4.37. The zero-order chi connectivity index (χ0) is 8.55. The van der Waals surface area contributed by atoms with E-state index in [0.29, 0.717) is 6.61 Å². The fourth-order valence-electron chi connectivity index (χ4n) is 1.72. The first-order chi connectivity index (χ1) is 5.81. The predicted octanol–water partition coefficient (Wildman–Crippen LogP) is 1.97. The highest BCUT2D eigenvalue weighted by molar-refractivity contribution is 5.92. The van der Waals surface area contributed by atoms with E-state index in [4.69, 9.17) is 4.74 Å². The highest BCUT2D eigenvalue weighted by Crippen LogP contribution is 2.30. The smallest absolute Gasteiger partial charge is 0.334 e. The lowest BCUT2D eigenvalue weighted by molar-refractivity contribution is -0.136. The van der Waals surface area contributed by atoms with E-state index in [1.807, 2.05) is 0 Å². The van der Waals surface area contributed by atoms with Crippen LogP contribution in [0.3, 0.4) is 0 Å². The summed E-state index contributed by atoms with van der Waals surface area (Å²) in [5.74, 6) is -0.101. The molecular formula is C10H12O2. The van der Waals surface area contributed by atoms with Gasteiger partial charge in [0.1, 0.15) is 6.61 Å². The molecule has 0 aromatic heterocycles. The summed E-state index contributed by atoms with van der Waals surface area (Å²) >= 11 is 0. The quantitative estimate of drug-likeness (QED) is 0.437. The van der Waals surface area contributed by atoms with Crippen LogP contribution in [-0.4, -0.2) is 12.6 Å². The van der Waals surface area contributed by atoms with E-state index in [9.17, 15) is 4.79 Å². The molecule has 0 N–H and O–H groups in total. The highest BCUT2D eigenvalue weighted by Gasteiger charge is 2.26. The Labute approximate surface area is 71.9 Å². The number of carbonyl (C=O) groups excluding carboxylic acids is 1. The second-order valence-corrected chi connectivity index (χ2v) is 3.26. The van der Waals surface area contributed by atoms with E-state index >= 15 is 0 Å². The van der Waals surface area contributed by atoms with Crippen LogP contribution in [0.15, 0.2) is 22.8 Å². The number of cyclic esters (lactones) is 1. The summed E-state index contributed by atoms with van der Waals surface area (Å²) in [5, 5.41) is 0. The normalized spacial score (nSPS) is 22.1. The molecule has 0 saturated heterocycles. The Morgan fingerprint density at radius 3 is 3.17 bits per heavy atom. The lowest BCUT2D eigenvalue weighted by atomic mass is 9.92. The maximum Gasteiger partial charge on any atom is 0.334 e. The van der Waals surface area contributed by atoms with Gasteiger partial charge in [0.25, 0.3) is 0 Å². The Bertz CT molecular complexity index is 284. The lowest BCUT2D eigenvalue weighted by Crippen LogP contribution is -2.01. The van der Waals surface area contributed by atoms with Crippen molar-refractivity contribution in [3.63, 3.8) is 0 Å². The summed E-state index contributed by atoms with van der Waals surface area (Å²) in [5.41, 5.74) is 3.55. The fourth-order valence-corrected chi connectivity index (χ4v) is 1.72. The molecule has 64 valence electrons. The standard InChI is InChI=1S/C10H12O2/c1-2-7-3-4-9-8(5-7)6-12-10(9)11/h3H,2,4-6H2,1H3. The molecule has 0 atom stereocenters. The molecule has 0 aromatic rings. The molecular weight excluding hydrogens is 152 g/mol. The van der Waals surface area contributed by atoms with Gasteiger partial charge < -0.3 is 4.74 Å². The topological polar surface area (TPSA) is 26.3 Å². The molecule has 0 saturated carbocycles. The molecule has 2 rings (SSSR count). The third-order valence-electron chi connectivity index (χ3n) is 2.54. The van der Waals surface area contributed by atoms with Crippen LogP contribution in [0.2, 0.25) is 0 Å². The van der Waals surface area contributed by atoms with E-state index in [1.54, 1.807) is 0 Å². The van der Waals surface area contributed by atoms with Gasteiger partial charge in [0, 0.05) is 5.57 Å². The van der Waals surface area contributed by atoms with Gasteiger partial charge in [-0.15, -0.1) is 0 Å². The molecule has 0 amide bonds. The van der Waals surface area contributed by atoms with Gasteiger partial charge in [0.15, 0.2) is 0 Å². The number of esters is 1. The van der Waals surface area contributed by atoms with Crippen molar-refractivity contribution in [1.82, 2.24) is 0 Å². The number of rotatable bonds is 1. The van der Waals surface area contributed by atoms with E-state index in [-0.39, 0.29) is 5.97 Å². The third kappa shape index (κ3) is 1.07. The van der Waals surface area contributed by atoms with Gasteiger partial charge in [-0.25, -0.2) is 4.79 Å². The van der Waals surface area contributed by atoms with Crippen LogP contribution in [0.5, 0.6) is 0 Å². The second kappa shape index (κ2) is 2.77. The molecule has 12 heavy (non-hydrogen) atoms. The highest BCUT2D eigenvalue weighted by atomic mass is 16.5. The number of hydrogen-bond acceptors (Lipinski definition) is 2. The summed E-state index contributed by atoms with van der Waals surface area (Å²) in [6.07, 6.45) is 4.99. The van der Waals surface area contributed by atoms with Gasteiger partial charge in [-0.05, 0) is 24.8 Å². The molecule has 0 spiro atoms. The Balaban J connectivity index is 2.19. The van der Waals surface area contributed by atoms with E-state index in [0.717, 1.165) is 24.8 Å². The Morgan fingerprint density at radius 1 is 1.58 bits per heavy atom. The fraction of sp³-hybridized carbons (Fsp3) is 0.500. The molecule has 0 bridgehead atoms. The molecule has 1 aliphatic heterocycles. The molecule has 1 aliphatic carbocycles. The zero-order valence-electron chi connectivity index (χ0n) is 7.22. The molecule has 1 heterocycles. The molecule has 0 fully saturated rings. The van der Waals surface area contributed by atoms with Gasteiger partial charge in [0.2, 0.25) is 0 Å². The molecule has 2 heteroatoms. The maximum atomic E-state index is 11.1. The van der Waals surface area contributed by atoms with Crippen molar-refractivity contribution < 1.29 is 9.53 Å². The predicted molar refractivity (Wildman–Crippen MR) is 45.6 cm³/mol. The van der Waals surface area contributed by atoms with Crippen molar-refractivity contribution in [3.05, 3.63) is 22.8 Å². The SMILES string of the molecule is CCC1=CCC2=C(COC2=O)C1. The first kappa shape index (κ1) is 7.59. The largest absolute Gasteiger partial charge is 0.458 e. The Hall–Kier alpha value is -1.05. The number of hydrogen-bond donors (Lipinski definition) is 0. The van der Waals surface area contributed by atoms with Crippen LogP contribution in [0.25, 0.3) is 0 Å². The number of ether oxygens (including phenoxy) is 1. The molecule has 0 aromatic carbocycles. The summed E-state index contributed by atoms with van der Waals surface area (Å²) < 4.78 is 4.95. The van der Waals surface area contributed by atoms with Gasteiger partial charge >= 0.3 is 5.97 Å². The minimum absolute atomic E-state index is 0.101. The average molecular weight is 164 g/mol. The van der Waals surface area contributed by atoms with Crippen molar-refractivity contribution in [3.8, 4) is 0 Å². The van der Waals surface area contributed by atoms with Crippen LogP contribution in [0, 0.1) is 0 Å². The number of carbonyl (C=O) groups is 1. The Kier molecular flexibility index (Phi) is 1.75. The Morgan fingerprint density at radius 2 is 2.42 bits per heavy atom. The second-order valence-electron chi connectivity index (χ2n) is 3.26. The van der Waals surface area contributed by atoms with Crippen LogP contribution >= 0.6 is 0 Å². The van der Waals surface area contributed by atoms with Crippen molar-refractivity contribution in [2.45, 2.75) is 26.2 Å². The van der Waals surface area contributed by atoms with Gasteiger partial charge in [-0.3, -0.25) is 0 Å². The lowest BCUT2D eigenvalue weighted by Gasteiger charge is -2.10. The van der Waals surface area contributed by atoms with Crippen LogP contribution in [-0.2, 0) is 9.53 Å². The van der Waals surface area contributed by atoms with Crippen LogP contribution in [0.4, 0.5) is 0 Å². The van der Waals surface area contributed by atoms with Crippen molar-refractivity contribution in [2.24, 2.45) is 0 Å². The molecule has 0 unspecified atom stereocenters. The average Bonchev–Trinajstić information content (AvgIpc) is 2.47. The number of allylic oxidation sites excluding steroid dienone is 2. The monoisotopic (exact) mass is 164 g/mol. The van der Waals surface area contributed by atoms with Gasteiger partial charge in [0.05, 0.1) is 0 Å². The van der Waals surface area contributed by atoms with E-state index in [2.05, 4.69) is 13.0 Å². The van der Waals surface area contributed by atoms with E-state index < -0.39 is 0 Å². The minimum Gasteiger partial charge on any atom is -0.458 e. The molecule has 2 nitrogen and oxygen atoms in total. The summed E-state index contributed by atoms with van der Waals surface area (Å²) in [6, 6.07) is 0. The van der Waals surface area contributed by atoms with Crippen LogP contribution < -0.4 is 0 Å². The van der Waals surface area contributed by atoms with Gasteiger partial charge in [-0.2, -0.15) is 0 Å². The third-order valence-corrected chi connectivity index (χ3v) is 2.54. The van der Waals surface area contributed by atoms with Crippen LogP contribution in [0.1, 0.15) is 26.2 Å². The van der Waals surface area contributed by atoms with Crippen molar-refractivity contribution >= 4 is 5.97 Å². The van der Waals surface area contributed by atoms with Crippen molar-refractivity contribution in [1.29, 1.82) is 0 Å². The summed E-state index contributed by atoms with van der Waals surface area (Å²) in [7, 11) is 0.